The summed E-state index contributed by atoms with van der Waals surface area (Å²) in [5.41, 5.74) is 0. The quantitative estimate of drug-likeness (QED) is 0.371. The minimum Gasteiger partial charge on any atom is 1.00 e. The van der Waals surface area contributed by atoms with Gasteiger partial charge in [0.15, 0.2) is 0 Å². The molecule has 0 aliphatic heterocycles. The van der Waals surface area contributed by atoms with Crippen molar-refractivity contribution >= 4 is 6.57 Å². The molecule has 0 fully saturated rings. The third-order valence-corrected chi connectivity index (χ3v) is 2.71. The van der Waals surface area contributed by atoms with Crippen molar-refractivity contribution in [1.29, 1.82) is 21.0 Å². The van der Waals surface area contributed by atoms with Gasteiger partial charge in [-0.3, -0.25) is 0 Å². The van der Waals surface area contributed by atoms with Crippen LogP contribution >= 0.6 is 6.57 Å². The van der Waals surface area contributed by atoms with Gasteiger partial charge in [-0.2, -0.15) is 0 Å². The van der Waals surface area contributed by atoms with Crippen molar-refractivity contribution in [3.8, 4) is 23.2 Å². The van der Waals surface area contributed by atoms with Gasteiger partial charge in [0.05, 0.1) is 0 Å². The van der Waals surface area contributed by atoms with Crippen LogP contribution in [0.3, 0.4) is 0 Å². The van der Waals surface area contributed by atoms with E-state index >= 15 is 0 Å². The van der Waals surface area contributed by atoms with Gasteiger partial charge in [-0.05, 0) is 0 Å². The average molecular weight is 212 g/mol. The first kappa shape index (κ1) is 14.4. The molecule has 0 radical (unpaired) electrons. The smallest absolute Gasteiger partial charge is 1.00 e. The molecule has 0 aromatic carbocycles. The zero-order chi connectivity index (χ0) is 9.24. The van der Waals surface area contributed by atoms with E-state index in [2.05, 4.69) is 0 Å². The number of hydrogen-bond acceptors (Lipinski definition) is 4. The Balaban J connectivity index is 0. The molecule has 0 saturated carbocycles. The Kier molecular flexibility index (Phi) is 3.58. The molecule has 0 aromatic heterocycles. The summed E-state index contributed by atoms with van der Waals surface area (Å²) >= 11 is 0. The van der Waals surface area contributed by atoms with Crippen molar-refractivity contribution in [2.75, 3.05) is 0 Å². The Labute approximate surface area is 109 Å². The third kappa shape index (κ3) is 1.97. The molecule has 0 unspecified atom stereocenters. The molecule has 0 spiro atoms. The van der Waals surface area contributed by atoms with E-state index in [4.69, 9.17) is 21.0 Å². The minimum absolute atomic E-state index is 0. The van der Waals surface area contributed by atoms with Crippen LogP contribution in [0.4, 0.5) is 8.39 Å². The number of halogens is 2. The van der Waals surface area contributed by atoms with Crippen LogP contribution in [0, 0.1) is 44.3 Å². The maximum Gasteiger partial charge on any atom is 1.00 e. The molecular formula is C4F2KN4P. The summed E-state index contributed by atoms with van der Waals surface area (Å²) in [4.78, 5) is 0. The number of nitrogens with zero attached hydrogens (tertiary/aromatic N) is 4. The summed E-state index contributed by atoms with van der Waals surface area (Å²) in [5, 5.41) is 31.6. The van der Waals surface area contributed by atoms with Gasteiger partial charge in [0.2, 0.25) is 0 Å². The molecule has 8 heteroatoms. The molecule has 0 atom stereocenters. The maximum absolute atomic E-state index is 12.8. The second-order valence-corrected chi connectivity index (χ2v) is 5.43. The Morgan fingerprint density at radius 3 is 0.917 bits per heavy atom. The van der Waals surface area contributed by atoms with E-state index in [0.29, 0.717) is 0 Å². The molecule has 0 amide bonds. The fraction of sp³-hybridized carbons (Fsp3) is 0. The Bertz CT molecular complexity index is 312. The first-order valence-corrected chi connectivity index (χ1v) is 4.59. The summed E-state index contributed by atoms with van der Waals surface area (Å²) < 4.78 is 25.6. The fourth-order valence-electron chi connectivity index (χ4n) is 0.134. The molecule has 0 N–H and O–H groups in total. The molecule has 0 aliphatic carbocycles. The summed E-state index contributed by atoms with van der Waals surface area (Å²) in [5.74, 6) is 0.949. The predicted molar refractivity (Wildman–Crippen MR) is 31.6 cm³/mol. The van der Waals surface area contributed by atoms with Gasteiger partial charge in [0.25, 0.3) is 0 Å². The molecule has 4 nitrogen and oxygen atoms in total. The first-order valence-electron chi connectivity index (χ1n) is 2.13. The van der Waals surface area contributed by atoms with Crippen LogP contribution < -0.4 is 51.4 Å². The Hall–Kier alpha value is -0.114. The predicted octanol–water partition coefficient (Wildman–Crippen LogP) is -1.23. The molecule has 0 aliphatic rings. The van der Waals surface area contributed by atoms with Gasteiger partial charge in [0.1, 0.15) is 0 Å². The monoisotopic (exact) mass is 212 g/mol. The largest absolute Gasteiger partial charge is 1.00 e. The molecule has 0 aromatic rings. The van der Waals surface area contributed by atoms with Crippen molar-refractivity contribution in [1.82, 2.24) is 0 Å². The topological polar surface area (TPSA) is 95.2 Å². The van der Waals surface area contributed by atoms with Crippen molar-refractivity contribution in [3.63, 3.8) is 0 Å². The van der Waals surface area contributed by atoms with E-state index in [0.717, 1.165) is 0 Å². The Morgan fingerprint density at radius 2 is 0.917 bits per heavy atom. The van der Waals surface area contributed by atoms with E-state index in [1.54, 1.807) is 0 Å². The molecule has 56 valence electrons. The zero-order valence-electron chi connectivity index (χ0n) is 5.99. The van der Waals surface area contributed by atoms with Crippen LogP contribution in [0.5, 0.6) is 0 Å². The van der Waals surface area contributed by atoms with E-state index < -0.39 is 6.57 Å². The molecular weight excluding hydrogens is 212 g/mol. The van der Waals surface area contributed by atoms with Crippen LogP contribution in [0.15, 0.2) is 0 Å². The zero-order valence-corrected chi connectivity index (χ0v) is 10.0. The molecule has 0 saturated heterocycles. The van der Waals surface area contributed by atoms with Crippen LogP contribution in [-0.4, -0.2) is 0 Å². The molecule has 0 bridgehead atoms. The van der Waals surface area contributed by atoms with Gasteiger partial charge in [0, 0.05) is 0 Å². The Morgan fingerprint density at radius 1 is 0.750 bits per heavy atom. The third-order valence-electron chi connectivity index (χ3n) is 0.902. The molecule has 12 heavy (non-hydrogen) atoms. The average Bonchev–Trinajstić information content (AvgIpc) is 2.07. The van der Waals surface area contributed by atoms with Gasteiger partial charge in [-0.25, -0.2) is 0 Å². The van der Waals surface area contributed by atoms with Gasteiger partial charge in [-0.15, -0.1) is 0 Å². The fourth-order valence-corrected chi connectivity index (χ4v) is 0.402. The number of hydrogen-bond donors (Lipinski definition) is 0. The molecule has 0 rings (SSSR count). The summed E-state index contributed by atoms with van der Waals surface area (Å²) in [6.07, 6.45) is 0. The van der Waals surface area contributed by atoms with Crippen LogP contribution in [0.25, 0.3) is 0 Å². The first-order chi connectivity index (χ1) is 4.80. The minimum atomic E-state index is -7.59. The van der Waals surface area contributed by atoms with E-state index in [1.165, 1.54) is 0 Å². The SMILES string of the molecule is N#C[P-](F)(F)(C#N)(C#N)C#N.[K+]. The summed E-state index contributed by atoms with van der Waals surface area (Å²) in [7, 11) is 0. The second kappa shape index (κ2) is 2.98. The number of rotatable bonds is 0. The van der Waals surface area contributed by atoms with Gasteiger partial charge in [-0.1, -0.05) is 0 Å². The summed E-state index contributed by atoms with van der Waals surface area (Å²) in [6, 6.07) is 0. The van der Waals surface area contributed by atoms with Gasteiger partial charge < -0.3 is 0 Å². The maximum atomic E-state index is 12.8. The van der Waals surface area contributed by atoms with Crippen molar-refractivity contribution in [2.45, 2.75) is 0 Å². The van der Waals surface area contributed by atoms with E-state index in [-0.39, 0.29) is 74.6 Å². The van der Waals surface area contributed by atoms with Crippen molar-refractivity contribution < 1.29 is 59.8 Å². The van der Waals surface area contributed by atoms with E-state index in [1.807, 2.05) is 0 Å². The normalized spacial score (nSPS) is 14.2. The van der Waals surface area contributed by atoms with Crippen molar-refractivity contribution in [3.05, 3.63) is 0 Å². The standard InChI is InChI=1S/C4F2N4P.K/c5-11(6,1-7,2-8,3-9)4-10;/q-1;+1. The van der Waals surface area contributed by atoms with E-state index in [9.17, 15) is 8.39 Å². The number of nitriles is 4. The van der Waals surface area contributed by atoms with Crippen LogP contribution in [0.2, 0.25) is 0 Å². The summed E-state index contributed by atoms with van der Waals surface area (Å²) in [6.45, 7) is -7.59. The second-order valence-electron chi connectivity index (χ2n) is 1.81. The van der Waals surface area contributed by atoms with Crippen molar-refractivity contribution in [2.24, 2.45) is 0 Å². The molecule has 0 heterocycles. The van der Waals surface area contributed by atoms with Crippen LogP contribution in [0.1, 0.15) is 0 Å². The van der Waals surface area contributed by atoms with Gasteiger partial charge >= 0.3 is 111 Å². The van der Waals surface area contributed by atoms with Crippen LogP contribution in [-0.2, 0) is 0 Å².